The first kappa shape index (κ1) is 21.0. The molecule has 2 amide bonds. The SMILES string of the molecule is NC(=O)c1nnc(N[C@H](CC(F)F)C(N)=O)nc1Nc1cc(Cl)c2ncccc2c1. The van der Waals surface area contributed by atoms with Crippen molar-refractivity contribution in [1.29, 1.82) is 0 Å². The molecular formula is C17H15ClF2N8O2. The van der Waals surface area contributed by atoms with Gasteiger partial charge in [0.05, 0.1) is 10.5 Å². The summed E-state index contributed by atoms with van der Waals surface area (Å²) in [6.45, 7) is 0. The van der Waals surface area contributed by atoms with Crippen LogP contribution in [-0.4, -0.2) is 44.4 Å². The maximum Gasteiger partial charge on any atom is 0.273 e. The van der Waals surface area contributed by atoms with Crippen LogP contribution in [0.4, 0.5) is 26.2 Å². The maximum atomic E-state index is 12.7. The van der Waals surface area contributed by atoms with Gasteiger partial charge in [-0.1, -0.05) is 17.7 Å². The molecule has 0 fully saturated rings. The van der Waals surface area contributed by atoms with Gasteiger partial charge in [0.1, 0.15) is 6.04 Å². The second-order valence-electron chi connectivity index (χ2n) is 6.08. The molecule has 3 rings (SSSR count). The minimum atomic E-state index is -2.79. The quantitative estimate of drug-likeness (QED) is 0.415. The second kappa shape index (κ2) is 8.78. The van der Waals surface area contributed by atoms with E-state index >= 15 is 0 Å². The fraction of sp³-hybridized carbons (Fsp3) is 0.176. The van der Waals surface area contributed by atoms with Crippen LogP contribution < -0.4 is 22.1 Å². The van der Waals surface area contributed by atoms with Crippen LogP contribution in [0.3, 0.4) is 0 Å². The first-order valence-corrected chi connectivity index (χ1v) is 8.82. The highest BCUT2D eigenvalue weighted by atomic mass is 35.5. The van der Waals surface area contributed by atoms with E-state index in [1.807, 2.05) is 0 Å². The zero-order chi connectivity index (χ0) is 21.8. The smallest absolute Gasteiger partial charge is 0.273 e. The van der Waals surface area contributed by atoms with E-state index in [2.05, 4.69) is 30.8 Å². The highest BCUT2D eigenvalue weighted by Gasteiger charge is 2.23. The van der Waals surface area contributed by atoms with Crippen molar-refractivity contribution in [3.05, 3.63) is 41.2 Å². The molecule has 0 aliphatic carbocycles. The Labute approximate surface area is 173 Å². The minimum absolute atomic E-state index is 0.125. The predicted octanol–water partition coefficient (Wildman–Crippen LogP) is 1.84. The molecule has 6 N–H and O–H groups in total. The number of anilines is 3. The maximum absolute atomic E-state index is 12.7. The third kappa shape index (κ3) is 4.84. The number of rotatable bonds is 8. The Hall–Kier alpha value is -3.67. The van der Waals surface area contributed by atoms with Gasteiger partial charge in [0.2, 0.25) is 18.3 Å². The van der Waals surface area contributed by atoms with Gasteiger partial charge in [0.15, 0.2) is 11.5 Å². The number of hydrogen-bond donors (Lipinski definition) is 4. The van der Waals surface area contributed by atoms with Crippen LogP contribution in [0, 0.1) is 0 Å². The molecule has 0 spiro atoms. The predicted molar refractivity (Wildman–Crippen MR) is 106 cm³/mol. The van der Waals surface area contributed by atoms with Crippen LogP contribution in [0.1, 0.15) is 16.9 Å². The van der Waals surface area contributed by atoms with E-state index in [0.29, 0.717) is 21.6 Å². The molecular weight excluding hydrogens is 422 g/mol. The van der Waals surface area contributed by atoms with Gasteiger partial charge < -0.3 is 22.1 Å². The van der Waals surface area contributed by atoms with E-state index in [0.717, 1.165) is 0 Å². The summed E-state index contributed by atoms with van der Waals surface area (Å²) in [7, 11) is 0. The Kier molecular flexibility index (Phi) is 6.16. The van der Waals surface area contributed by atoms with E-state index in [4.69, 9.17) is 23.1 Å². The van der Waals surface area contributed by atoms with Gasteiger partial charge in [0.25, 0.3) is 5.91 Å². The topological polar surface area (TPSA) is 162 Å². The van der Waals surface area contributed by atoms with E-state index < -0.39 is 30.7 Å². The van der Waals surface area contributed by atoms with Crippen molar-refractivity contribution in [2.24, 2.45) is 11.5 Å². The van der Waals surface area contributed by atoms with Gasteiger partial charge in [-0.05, 0) is 18.2 Å². The number of nitrogens with one attached hydrogen (secondary N) is 2. The van der Waals surface area contributed by atoms with Gasteiger partial charge in [0, 0.05) is 23.7 Å². The van der Waals surface area contributed by atoms with Gasteiger partial charge in [-0.3, -0.25) is 14.6 Å². The zero-order valence-corrected chi connectivity index (χ0v) is 15.9. The summed E-state index contributed by atoms with van der Waals surface area (Å²) in [6, 6.07) is 5.29. The number of carbonyl (C=O) groups excluding carboxylic acids is 2. The molecule has 0 saturated heterocycles. The lowest BCUT2D eigenvalue weighted by atomic mass is 10.2. The van der Waals surface area contributed by atoms with Crippen LogP contribution in [-0.2, 0) is 4.79 Å². The Morgan fingerprint density at radius 3 is 2.63 bits per heavy atom. The molecule has 156 valence electrons. The molecule has 1 atom stereocenters. The number of pyridine rings is 1. The molecule has 1 aromatic carbocycles. The van der Waals surface area contributed by atoms with Crippen molar-refractivity contribution < 1.29 is 18.4 Å². The number of carbonyl (C=O) groups is 2. The van der Waals surface area contributed by atoms with Crippen molar-refractivity contribution >= 4 is 51.8 Å². The molecule has 0 unspecified atom stereocenters. The van der Waals surface area contributed by atoms with Gasteiger partial charge in [-0.2, -0.15) is 4.98 Å². The Bertz CT molecular complexity index is 1110. The number of benzene rings is 1. The molecule has 0 aliphatic rings. The van der Waals surface area contributed by atoms with Crippen molar-refractivity contribution in [3.8, 4) is 0 Å². The van der Waals surface area contributed by atoms with Crippen LogP contribution in [0.5, 0.6) is 0 Å². The number of aromatic nitrogens is 4. The van der Waals surface area contributed by atoms with E-state index in [1.54, 1.807) is 30.5 Å². The van der Waals surface area contributed by atoms with Crippen LogP contribution in [0.15, 0.2) is 30.5 Å². The second-order valence-corrected chi connectivity index (χ2v) is 6.49. The van der Waals surface area contributed by atoms with Crippen LogP contribution in [0.2, 0.25) is 5.02 Å². The Balaban J connectivity index is 1.95. The normalized spacial score (nSPS) is 12.0. The van der Waals surface area contributed by atoms with Gasteiger partial charge in [-0.15, -0.1) is 10.2 Å². The summed E-state index contributed by atoms with van der Waals surface area (Å²) < 4.78 is 25.3. The fourth-order valence-electron chi connectivity index (χ4n) is 2.58. The molecule has 3 aromatic rings. The first-order valence-electron chi connectivity index (χ1n) is 8.44. The molecule has 2 aromatic heterocycles. The summed E-state index contributed by atoms with van der Waals surface area (Å²) in [5, 5.41) is 13.5. The number of hydrogen-bond acceptors (Lipinski definition) is 8. The molecule has 30 heavy (non-hydrogen) atoms. The van der Waals surface area contributed by atoms with E-state index in [1.165, 1.54) is 0 Å². The lowest BCUT2D eigenvalue weighted by Crippen LogP contribution is -2.37. The minimum Gasteiger partial charge on any atom is -0.368 e. The number of amides is 2. The summed E-state index contributed by atoms with van der Waals surface area (Å²) in [5.41, 5.74) is 11.1. The van der Waals surface area contributed by atoms with Crippen LogP contribution in [0.25, 0.3) is 10.9 Å². The van der Waals surface area contributed by atoms with Crippen molar-refractivity contribution in [2.45, 2.75) is 18.9 Å². The highest BCUT2D eigenvalue weighted by molar-refractivity contribution is 6.35. The molecule has 10 nitrogen and oxygen atoms in total. The Morgan fingerprint density at radius 2 is 1.97 bits per heavy atom. The van der Waals surface area contributed by atoms with Crippen molar-refractivity contribution in [1.82, 2.24) is 20.2 Å². The summed E-state index contributed by atoms with van der Waals surface area (Å²) in [6.07, 6.45) is -2.06. The number of halogens is 3. The lowest BCUT2D eigenvalue weighted by molar-refractivity contribution is -0.119. The van der Waals surface area contributed by atoms with E-state index in [-0.39, 0.29) is 17.5 Å². The summed E-state index contributed by atoms with van der Waals surface area (Å²) in [5.74, 6) is -2.39. The number of fused-ring (bicyclic) bond motifs is 1. The number of nitrogens with zero attached hydrogens (tertiary/aromatic N) is 4. The third-order valence-electron chi connectivity index (χ3n) is 3.90. The monoisotopic (exact) mass is 436 g/mol. The zero-order valence-electron chi connectivity index (χ0n) is 15.1. The number of nitrogens with two attached hydrogens (primary N) is 2. The molecule has 0 bridgehead atoms. The van der Waals surface area contributed by atoms with Crippen molar-refractivity contribution in [2.75, 3.05) is 10.6 Å². The van der Waals surface area contributed by atoms with Crippen molar-refractivity contribution in [3.63, 3.8) is 0 Å². The van der Waals surface area contributed by atoms with Crippen LogP contribution >= 0.6 is 11.6 Å². The van der Waals surface area contributed by atoms with E-state index in [9.17, 15) is 18.4 Å². The summed E-state index contributed by atoms with van der Waals surface area (Å²) >= 11 is 6.24. The standard InChI is InChI=1S/C17H15ClF2N8O2/c18-9-5-8(4-7-2-1-3-23-12(7)9)24-16-13(15(22)30)27-28-17(26-16)25-10(14(21)29)6-11(19)20/h1-5,10-11H,6H2,(H2,21,29)(H2,22,30)(H2,24,25,26,28)/t10-/m1/s1. The molecule has 2 heterocycles. The largest absolute Gasteiger partial charge is 0.368 e. The third-order valence-corrected chi connectivity index (χ3v) is 4.19. The Morgan fingerprint density at radius 1 is 1.20 bits per heavy atom. The lowest BCUT2D eigenvalue weighted by Gasteiger charge is -2.16. The average Bonchev–Trinajstić information content (AvgIpc) is 2.67. The first-order chi connectivity index (χ1) is 14.2. The fourth-order valence-corrected chi connectivity index (χ4v) is 2.85. The van der Waals surface area contributed by atoms with Gasteiger partial charge in [-0.25, -0.2) is 8.78 Å². The number of primary amides is 2. The van der Waals surface area contributed by atoms with Gasteiger partial charge >= 0.3 is 0 Å². The number of alkyl halides is 2. The summed E-state index contributed by atoms with van der Waals surface area (Å²) in [4.78, 5) is 31.3. The average molecular weight is 437 g/mol. The molecule has 0 saturated carbocycles. The highest BCUT2D eigenvalue weighted by Crippen LogP contribution is 2.28. The molecule has 0 aliphatic heterocycles. The molecule has 0 radical (unpaired) electrons. The molecule has 13 heteroatoms.